The van der Waals surface area contributed by atoms with Crippen molar-refractivity contribution in [3.63, 3.8) is 0 Å². The normalized spacial score (nSPS) is 22.7. The van der Waals surface area contributed by atoms with Gasteiger partial charge in [0.25, 0.3) is 5.91 Å². The minimum atomic E-state index is -0.112. The first-order chi connectivity index (χ1) is 14.7. The van der Waals surface area contributed by atoms with Gasteiger partial charge < -0.3 is 10.2 Å². The molecule has 6 heteroatoms. The van der Waals surface area contributed by atoms with Crippen LogP contribution in [-0.4, -0.2) is 23.2 Å². The Labute approximate surface area is 193 Å². The first-order valence-electron chi connectivity index (χ1n) is 10.7. The van der Waals surface area contributed by atoms with Crippen LogP contribution < -0.4 is 10.2 Å². The van der Waals surface area contributed by atoms with Crippen molar-refractivity contribution in [1.82, 2.24) is 5.32 Å². The van der Waals surface area contributed by atoms with Gasteiger partial charge in [-0.05, 0) is 111 Å². The third kappa shape index (κ3) is 4.39. The number of amidine groups is 1. The Morgan fingerprint density at radius 2 is 2.00 bits per heavy atom. The van der Waals surface area contributed by atoms with Gasteiger partial charge in [-0.2, -0.15) is 0 Å². The predicted molar refractivity (Wildman–Crippen MR) is 134 cm³/mol. The molecule has 0 aromatic heterocycles. The molecule has 2 aliphatic heterocycles. The molecular weight excluding hydrogens is 426 g/mol. The van der Waals surface area contributed by atoms with Crippen LogP contribution in [-0.2, 0) is 4.79 Å². The molecule has 2 aromatic carbocycles. The molecule has 0 spiro atoms. The molecule has 0 radical (unpaired) electrons. The van der Waals surface area contributed by atoms with E-state index in [0.29, 0.717) is 21.0 Å². The molecule has 2 aliphatic rings. The number of anilines is 1. The number of hydrogen-bond acceptors (Lipinski definition) is 4. The zero-order valence-electron chi connectivity index (χ0n) is 18.6. The van der Waals surface area contributed by atoms with E-state index in [1.54, 1.807) is 12.1 Å². The molecule has 4 nitrogen and oxygen atoms in total. The summed E-state index contributed by atoms with van der Waals surface area (Å²) < 4.78 is 0. The maximum Gasteiger partial charge on any atom is 0.264 e. The summed E-state index contributed by atoms with van der Waals surface area (Å²) in [6, 6.07) is 11.8. The van der Waals surface area contributed by atoms with Gasteiger partial charge in [-0.15, -0.1) is 0 Å². The summed E-state index contributed by atoms with van der Waals surface area (Å²) in [5.41, 5.74) is 5.84. The number of halogens is 1. The van der Waals surface area contributed by atoms with Gasteiger partial charge in [-0.25, -0.2) is 4.99 Å². The van der Waals surface area contributed by atoms with Crippen LogP contribution in [0.3, 0.4) is 0 Å². The van der Waals surface area contributed by atoms with E-state index in [1.807, 2.05) is 18.2 Å². The van der Waals surface area contributed by atoms with Gasteiger partial charge >= 0.3 is 0 Å². The molecule has 1 amide bonds. The second-order valence-corrected chi connectivity index (χ2v) is 10.4. The summed E-state index contributed by atoms with van der Waals surface area (Å²) in [5.74, 6) is 0.358. The fourth-order valence-electron chi connectivity index (χ4n) is 4.66. The summed E-state index contributed by atoms with van der Waals surface area (Å²) >= 11 is 7.31. The Bertz CT molecular complexity index is 1090. The Morgan fingerprint density at radius 3 is 2.68 bits per heavy atom. The molecule has 2 aromatic rings. The maximum atomic E-state index is 12.6. The average molecular weight is 454 g/mol. The van der Waals surface area contributed by atoms with Gasteiger partial charge in [0.15, 0.2) is 5.17 Å². The zero-order chi connectivity index (χ0) is 22.3. The van der Waals surface area contributed by atoms with Crippen molar-refractivity contribution in [3.05, 3.63) is 63.0 Å². The highest BCUT2D eigenvalue weighted by molar-refractivity contribution is 8.18. The van der Waals surface area contributed by atoms with Crippen LogP contribution in [0.15, 0.2) is 46.3 Å². The second-order valence-electron chi connectivity index (χ2n) is 8.89. The van der Waals surface area contributed by atoms with E-state index in [9.17, 15) is 4.79 Å². The lowest BCUT2D eigenvalue weighted by atomic mass is 9.79. The molecule has 0 unspecified atom stereocenters. The molecule has 0 saturated carbocycles. The number of thioether (sulfide) groups is 1. The van der Waals surface area contributed by atoms with E-state index in [0.717, 1.165) is 24.2 Å². The SMILES string of the molecule is CCN1c2cc(C)c(/C=C3\SC(=Nc4ccc(Cl)cc4)NC3=O)cc2[C@H](C)CC1(C)C. The quantitative estimate of drug-likeness (QED) is 0.529. The maximum absolute atomic E-state index is 12.6. The standard InChI is InChI=1S/C25H28ClN3OS/c1-6-29-21-11-15(2)17(12-20(21)16(3)14-25(29,4)5)13-22-23(30)28-24(31-22)27-19-9-7-18(26)8-10-19/h7-13,16H,6,14H2,1-5H3,(H,27,28,30)/b22-13-/t16-/m1/s1. The van der Waals surface area contributed by atoms with E-state index in [1.165, 1.54) is 28.6 Å². The van der Waals surface area contributed by atoms with Crippen LogP contribution in [0.4, 0.5) is 11.4 Å². The molecule has 2 heterocycles. The van der Waals surface area contributed by atoms with Crippen molar-refractivity contribution in [3.8, 4) is 0 Å². The highest BCUT2D eigenvalue weighted by Crippen LogP contribution is 2.44. The highest BCUT2D eigenvalue weighted by atomic mass is 35.5. The fourth-order valence-corrected chi connectivity index (χ4v) is 5.62. The number of nitrogens with zero attached hydrogens (tertiary/aromatic N) is 2. The van der Waals surface area contributed by atoms with Crippen LogP contribution in [0.2, 0.25) is 5.02 Å². The topological polar surface area (TPSA) is 44.7 Å². The fraction of sp³-hybridized carbons (Fsp3) is 0.360. The van der Waals surface area contributed by atoms with Gasteiger partial charge in [0.2, 0.25) is 0 Å². The predicted octanol–water partition coefficient (Wildman–Crippen LogP) is 6.65. The smallest absolute Gasteiger partial charge is 0.264 e. The third-order valence-electron chi connectivity index (χ3n) is 6.08. The molecular formula is C25H28ClN3OS. The summed E-state index contributed by atoms with van der Waals surface area (Å²) in [4.78, 5) is 20.3. The van der Waals surface area contributed by atoms with E-state index in [2.05, 4.69) is 62.0 Å². The molecule has 1 fully saturated rings. The number of rotatable bonds is 3. The number of hydrogen-bond donors (Lipinski definition) is 1. The van der Waals surface area contributed by atoms with Gasteiger partial charge in [0.05, 0.1) is 10.6 Å². The number of fused-ring (bicyclic) bond motifs is 1. The summed E-state index contributed by atoms with van der Waals surface area (Å²) in [5, 5.41) is 4.12. The van der Waals surface area contributed by atoms with Crippen LogP contribution in [0.1, 0.15) is 56.7 Å². The highest BCUT2D eigenvalue weighted by Gasteiger charge is 2.35. The number of nitrogens with one attached hydrogen (secondary N) is 1. The van der Waals surface area contributed by atoms with Gasteiger partial charge in [-0.3, -0.25) is 4.79 Å². The first kappa shape index (κ1) is 22.0. The number of carbonyl (C=O) groups is 1. The van der Waals surface area contributed by atoms with Crippen molar-refractivity contribution in [2.24, 2.45) is 4.99 Å². The van der Waals surface area contributed by atoms with Crippen molar-refractivity contribution in [2.45, 2.75) is 52.5 Å². The minimum Gasteiger partial charge on any atom is -0.366 e. The molecule has 1 N–H and O–H groups in total. The third-order valence-corrected chi connectivity index (χ3v) is 7.25. The molecule has 4 rings (SSSR count). The number of aryl methyl sites for hydroxylation is 1. The van der Waals surface area contributed by atoms with E-state index in [-0.39, 0.29) is 11.4 Å². The number of aliphatic imine (C=N–C) groups is 1. The average Bonchev–Trinajstić information content (AvgIpc) is 3.03. The molecule has 1 saturated heterocycles. The van der Waals surface area contributed by atoms with E-state index in [4.69, 9.17) is 11.6 Å². The number of benzene rings is 2. The lowest BCUT2D eigenvalue weighted by Crippen LogP contribution is -2.48. The Morgan fingerprint density at radius 1 is 1.29 bits per heavy atom. The summed E-state index contributed by atoms with van der Waals surface area (Å²) in [6.45, 7) is 12.3. The van der Waals surface area contributed by atoms with Gasteiger partial charge in [-0.1, -0.05) is 18.5 Å². The number of amides is 1. The Kier molecular flexibility index (Phi) is 5.93. The van der Waals surface area contributed by atoms with Crippen molar-refractivity contribution in [2.75, 3.05) is 11.4 Å². The molecule has 162 valence electrons. The van der Waals surface area contributed by atoms with Gasteiger partial charge in [0, 0.05) is 22.8 Å². The first-order valence-corrected chi connectivity index (χ1v) is 11.8. The van der Waals surface area contributed by atoms with E-state index < -0.39 is 0 Å². The minimum absolute atomic E-state index is 0.112. The second kappa shape index (κ2) is 8.36. The molecule has 0 aliphatic carbocycles. The molecule has 31 heavy (non-hydrogen) atoms. The molecule has 1 atom stereocenters. The van der Waals surface area contributed by atoms with Crippen LogP contribution in [0.25, 0.3) is 6.08 Å². The monoisotopic (exact) mass is 453 g/mol. The number of carbonyl (C=O) groups excluding carboxylic acids is 1. The van der Waals surface area contributed by atoms with Crippen LogP contribution in [0, 0.1) is 6.92 Å². The Balaban J connectivity index is 1.66. The zero-order valence-corrected chi connectivity index (χ0v) is 20.2. The largest absolute Gasteiger partial charge is 0.366 e. The Hall–Kier alpha value is -2.24. The van der Waals surface area contributed by atoms with Gasteiger partial charge in [0.1, 0.15) is 0 Å². The lowest BCUT2D eigenvalue weighted by molar-refractivity contribution is -0.115. The summed E-state index contributed by atoms with van der Waals surface area (Å²) in [6.07, 6.45) is 3.10. The lowest BCUT2D eigenvalue weighted by Gasteiger charge is -2.47. The van der Waals surface area contributed by atoms with Crippen molar-refractivity contribution < 1.29 is 4.79 Å². The van der Waals surface area contributed by atoms with Crippen molar-refractivity contribution in [1.29, 1.82) is 0 Å². The molecule has 0 bridgehead atoms. The van der Waals surface area contributed by atoms with E-state index >= 15 is 0 Å². The summed E-state index contributed by atoms with van der Waals surface area (Å²) in [7, 11) is 0. The van der Waals surface area contributed by atoms with Crippen LogP contribution in [0.5, 0.6) is 0 Å². The van der Waals surface area contributed by atoms with Crippen LogP contribution >= 0.6 is 23.4 Å². The van der Waals surface area contributed by atoms with Crippen molar-refractivity contribution >= 4 is 51.9 Å².